The van der Waals surface area contributed by atoms with Crippen LogP contribution in [0.2, 0.25) is 0 Å². The maximum Gasteiger partial charge on any atom is 0.251 e. The summed E-state index contributed by atoms with van der Waals surface area (Å²) in [6.45, 7) is 5.10. The van der Waals surface area contributed by atoms with Crippen LogP contribution in [-0.4, -0.2) is 36.5 Å². The molecule has 1 amide bonds. The second-order valence-corrected chi connectivity index (χ2v) is 6.06. The molecule has 1 fully saturated rings. The second kappa shape index (κ2) is 7.06. The Hall–Kier alpha value is -0.870. The van der Waals surface area contributed by atoms with E-state index in [9.17, 15) is 4.79 Å². The van der Waals surface area contributed by atoms with Crippen LogP contribution in [0.5, 0.6) is 0 Å². The fraction of sp³-hybridized carbons (Fsp3) is 0.533. The summed E-state index contributed by atoms with van der Waals surface area (Å²) in [7, 11) is 0. The number of hydrogen-bond donors (Lipinski definition) is 1. The summed E-state index contributed by atoms with van der Waals surface area (Å²) in [5.74, 6) is 0.0113. The number of amides is 1. The van der Waals surface area contributed by atoms with Gasteiger partial charge in [-0.15, -0.1) is 0 Å². The molecule has 1 aromatic rings. The third-order valence-corrected chi connectivity index (χ3v) is 4.26. The van der Waals surface area contributed by atoms with Gasteiger partial charge < -0.3 is 5.32 Å². The summed E-state index contributed by atoms with van der Waals surface area (Å²) in [6, 6.07) is 8.10. The van der Waals surface area contributed by atoms with E-state index in [2.05, 4.69) is 33.1 Å². The highest BCUT2D eigenvalue weighted by Gasteiger charge is 2.17. The zero-order valence-electron chi connectivity index (χ0n) is 11.4. The van der Waals surface area contributed by atoms with Gasteiger partial charge in [0, 0.05) is 29.2 Å². The minimum absolute atomic E-state index is 0.0113. The normalized spacial score (nSPS) is 20.2. The van der Waals surface area contributed by atoms with E-state index in [-0.39, 0.29) is 5.91 Å². The van der Waals surface area contributed by atoms with Gasteiger partial charge in [0.2, 0.25) is 0 Å². The number of carbonyl (C=O) groups is 1. The molecule has 3 nitrogen and oxygen atoms in total. The van der Waals surface area contributed by atoms with Gasteiger partial charge in [-0.25, -0.2) is 0 Å². The largest absolute Gasteiger partial charge is 0.351 e. The lowest BCUT2D eigenvalue weighted by molar-refractivity contribution is 0.0938. The number of nitrogens with zero attached hydrogens (tertiary/aromatic N) is 1. The lowest BCUT2D eigenvalue weighted by Gasteiger charge is -2.33. The standard InChI is InChI=1S/C15H21BrN2O/c1-12-4-2-3-10-18(12)11-9-17-15(19)13-5-7-14(16)8-6-13/h5-8,12H,2-4,9-11H2,1H3,(H,17,19). The van der Waals surface area contributed by atoms with Crippen molar-refractivity contribution in [2.24, 2.45) is 0 Å². The fourth-order valence-corrected chi connectivity index (χ4v) is 2.77. The van der Waals surface area contributed by atoms with Gasteiger partial charge >= 0.3 is 0 Å². The van der Waals surface area contributed by atoms with Crippen molar-refractivity contribution >= 4 is 21.8 Å². The predicted octanol–water partition coefficient (Wildman–Crippen LogP) is 3.05. The van der Waals surface area contributed by atoms with Gasteiger partial charge in [0.05, 0.1) is 0 Å². The molecule has 0 aliphatic carbocycles. The van der Waals surface area contributed by atoms with E-state index in [0.29, 0.717) is 6.04 Å². The van der Waals surface area contributed by atoms with Crippen LogP contribution >= 0.6 is 15.9 Å². The highest BCUT2D eigenvalue weighted by Crippen LogP contribution is 2.15. The summed E-state index contributed by atoms with van der Waals surface area (Å²) >= 11 is 3.37. The topological polar surface area (TPSA) is 32.3 Å². The van der Waals surface area contributed by atoms with Gasteiger partial charge in [-0.2, -0.15) is 0 Å². The van der Waals surface area contributed by atoms with E-state index < -0.39 is 0 Å². The third kappa shape index (κ3) is 4.32. The summed E-state index contributed by atoms with van der Waals surface area (Å²) in [6.07, 6.45) is 3.90. The van der Waals surface area contributed by atoms with Gasteiger partial charge in [-0.05, 0) is 50.6 Å². The molecule has 2 rings (SSSR count). The van der Waals surface area contributed by atoms with Gasteiger partial charge in [-0.1, -0.05) is 22.4 Å². The number of nitrogens with one attached hydrogen (secondary N) is 1. The third-order valence-electron chi connectivity index (χ3n) is 3.73. The predicted molar refractivity (Wildman–Crippen MR) is 81.4 cm³/mol. The molecule has 4 heteroatoms. The number of piperidine rings is 1. The highest BCUT2D eigenvalue weighted by molar-refractivity contribution is 9.10. The van der Waals surface area contributed by atoms with Crippen molar-refractivity contribution in [3.8, 4) is 0 Å². The summed E-state index contributed by atoms with van der Waals surface area (Å²) in [5, 5.41) is 2.99. The first-order chi connectivity index (χ1) is 9.16. The van der Waals surface area contributed by atoms with Crippen LogP contribution in [0.25, 0.3) is 0 Å². The van der Waals surface area contributed by atoms with Gasteiger partial charge in [0.15, 0.2) is 0 Å². The van der Waals surface area contributed by atoms with E-state index >= 15 is 0 Å². The lowest BCUT2D eigenvalue weighted by Crippen LogP contribution is -2.42. The van der Waals surface area contributed by atoms with Gasteiger partial charge in [-0.3, -0.25) is 9.69 Å². The Morgan fingerprint density at radius 1 is 1.37 bits per heavy atom. The molecule has 0 saturated carbocycles. The summed E-state index contributed by atoms with van der Waals surface area (Å²) in [5.41, 5.74) is 0.717. The van der Waals surface area contributed by atoms with E-state index in [0.717, 1.165) is 29.7 Å². The Balaban J connectivity index is 1.76. The zero-order chi connectivity index (χ0) is 13.7. The molecule has 19 heavy (non-hydrogen) atoms. The van der Waals surface area contributed by atoms with Gasteiger partial charge in [0.25, 0.3) is 5.91 Å². The number of benzene rings is 1. The smallest absolute Gasteiger partial charge is 0.251 e. The van der Waals surface area contributed by atoms with E-state index in [1.807, 2.05) is 24.3 Å². The molecule has 0 bridgehead atoms. The zero-order valence-corrected chi connectivity index (χ0v) is 12.9. The van der Waals surface area contributed by atoms with Crippen molar-refractivity contribution in [3.63, 3.8) is 0 Å². The number of halogens is 1. The van der Waals surface area contributed by atoms with Crippen molar-refractivity contribution in [1.29, 1.82) is 0 Å². The molecule has 104 valence electrons. The lowest BCUT2D eigenvalue weighted by atomic mass is 10.0. The fourth-order valence-electron chi connectivity index (χ4n) is 2.51. The Morgan fingerprint density at radius 2 is 2.11 bits per heavy atom. The highest BCUT2D eigenvalue weighted by atomic mass is 79.9. The van der Waals surface area contributed by atoms with Crippen LogP contribution in [0, 0.1) is 0 Å². The molecule has 1 unspecified atom stereocenters. The monoisotopic (exact) mass is 324 g/mol. The molecule has 1 N–H and O–H groups in total. The summed E-state index contributed by atoms with van der Waals surface area (Å²) < 4.78 is 0.992. The van der Waals surface area contributed by atoms with Crippen LogP contribution in [-0.2, 0) is 0 Å². The minimum Gasteiger partial charge on any atom is -0.351 e. The first-order valence-corrected chi connectivity index (χ1v) is 7.74. The number of hydrogen-bond acceptors (Lipinski definition) is 2. The molecule has 1 aliphatic heterocycles. The Kier molecular flexibility index (Phi) is 5.40. The molecule has 0 aromatic heterocycles. The molecule has 1 aliphatic rings. The van der Waals surface area contributed by atoms with Crippen molar-refractivity contribution in [3.05, 3.63) is 34.3 Å². The Labute approximate surface area is 123 Å². The molecule has 1 saturated heterocycles. The number of rotatable bonds is 4. The van der Waals surface area contributed by atoms with Crippen molar-refractivity contribution in [2.75, 3.05) is 19.6 Å². The Bertz CT molecular complexity index is 419. The maximum absolute atomic E-state index is 11.9. The van der Waals surface area contributed by atoms with Crippen LogP contribution in [0.15, 0.2) is 28.7 Å². The average Bonchev–Trinajstić information content (AvgIpc) is 2.41. The quantitative estimate of drug-likeness (QED) is 0.923. The minimum atomic E-state index is 0.0113. The first kappa shape index (κ1) is 14.5. The van der Waals surface area contributed by atoms with Crippen molar-refractivity contribution in [1.82, 2.24) is 10.2 Å². The van der Waals surface area contributed by atoms with Crippen LogP contribution < -0.4 is 5.32 Å². The van der Waals surface area contributed by atoms with E-state index in [1.54, 1.807) is 0 Å². The van der Waals surface area contributed by atoms with Crippen molar-refractivity contribution in [2.45, 2.75) is 32.2 Å². The SMILES string of the molecule is CC1CCCCN1CCNC(=O)c1ccc(Br)cc1. The second-order valence-electron chi connectivity index (χ2n) is 5.14. The van der Waals surface area contributed by atoms with Crippen molar-refractivity contribution < 1.29 is 4.79 Å². The molecule has 1 heterocycles. The van der Waals surface area contributed by atoms with Gasteiger partial charge in [0.1, 0.15) is 0 Å². The average molecular weight is 325 g/mol. The first-order valence-electron chi connectivity index (χ1n) is 6.94. The molecule has 1 aromatic carbocycles. The van der Waals surface area contributed by atoms with Crippen LogP contribution in [0.4, 0.5) is 0 Å². The van der Waals surface area contributed by atoms with E-state index in [1.165, 1.54) is 19.3 Å². The van der Waals surface area contributed by atoms with Crippen LogP contribution in [0.3, 0.4) is 0 Å². The molecule has 0 radical (unpaired) electrons. The van der Waals surface area contributed by atoms with E-state index in [4.69, 9.17) is 0 Å². The number of carbonyl (C=O) groups excluding carboxylic acids is 1. The molecular weight excluding hydrogens is 304 g/mol. The molecule has 1 atom stereocenters. The maximum atomic E-state index is 11.9. The molecular formula is C15H21BrN2O. The Morgan fingerprint density at radius 3 is 2.79 bits per heavy atom. The summed E-state index contributed by atoms with van der Waals surface area (Å²) in [4.78, 5) is 14.4. The van der Waals surface area contributed by atoms with Crippen LogP contribution in [0.1, 0.15) is 36.5 Å². The molecule has 0 spiro atoms. The number of likely N-dealkylation sites (tertiary alicyclic amines) is 1.